The van der Waals surface area contributed by atoms with Crippen LogP contribution in [-0.4, -0.2) is 147 Å². The zero-order valence-electron chi connectivity index (χ0n) is 45.5. The van der Waals surface area contributed by atoms with Gasteiger partial charge in [0.15, 0.2) is 4.11 Å². The summed E-state index contributed by atoms with van der Waals surface area (Å²) in [6.07, 6.45) is 6.16. The van der Waals surface area contributed by atoms with E-state index in [0.29, 0.717) is 48.8 Å². The van der Waals surface area contributed by atoms with Crippen LogP contribution in [0, 0.1) is 39.9 Å². The Morgan fingerprint density at radius 2 is 1.02 bits per heavy atom. The third kappa shape index (κ3) is 107. The SMILES string of the molecule is C.Nc1cc[c-]nn1.O=[C-]Cl.O=[C-]N=c1cc[c-]n[nH]1.O=[C-]O.O=[C-]O[C-]=O.[3H]C(=O)Cl.[3H]C(=O)N=c1cc[c-]n[nH]1.[3H]C(=O)O.[3H]C(=O)OC([3H])=O.[CH2-]Oc1nnc(N)s1.[CH2-]Oc1nnc(N[C-]=O)s1.[CH2-]Oc1nnc(N[C-]=O)s1.[W].[W].[W].[W].[W].[W].[W].[Y].[Y].[Y]. The Hall–Kier alpha value is -1.93. The molecular weight excluding hydrogens is 2690 g/mol. The van der Waals surface area contributed by atoms with E-state index in [4.69, 9.17) is 57.3 Å². The number of nitrogen functional groups attached to an aromatic ring is 2. The molecule has 467 valence electrons. The number of hydrogen-bond donors (Lipinski definition) is 8. The fourth-order valence-corrected chi connectivity index (χ4v) is 3.46. The molecule has 0 aromatic carbocycles. The Kier molecular flexibility index (Phi) is 148. The number of amides is 4. The number of carbonyl (C=O) groups excluding carboxylic acids is 10. The molecular formula is C34H31Cl2N18O19S3W7Y3-13. The largest absolute Gasteiger partial charge is 0.783 e. The number of halogens is 2. The third-order valence-electron chi connectivity index (χ3n) is 4.07. The van der Waals surface area contributed by atoms with Crippen molar-refractivity contribution in [3.63, 3.8) is 0 Å². The maximum Gasteiger partial charge on any atom is 0.300 e. The van der Waals surface area contributed by atoms with Crippen LogP contribution in [0.25, 0.3) is 0 Å². The summed E-state index contributed by atoms with van der Waals surface area (Å²) >= 11 is 11.8. The molecule has 0 aliphatic carbocycles. The molecule has 4 amide bonds. The molecule has 0 saturated heterocycles. The van der Waals surface area contributed by atoms with Crippen molar-refractivity contribution in [3.8, 4) is 15.6 Å². The van der Waals surface area contributed by atoms with Gasteiger partial charge >= 0.3 is 12.9 Å². The van der Waals surface area contributed by atoms with Crippen LogP contribution in [0.4, 0.5) is 21.2 Å². The van der Waals surface area contributed by atoms with Gasteiger partial charge in [0.25, 0.3) is 11.6 Å². The number of aromatic amines is 2. The minimum atomic E-state index is -1.58. The zero-order chi connectivity index (χ0) is 62.4. The van der Waals surface area contributed by atoms with Crippen molar-refractivity contribution in [2.45, 2.75) is 7.43 Å². The number of nitrogens with zero attached hydrogens (tertiary/aromatic N) is 12. The summed E-state index contributed by atoms with van der Waals surface area (Å²) in [7, 11) is 9.34. The molecule has 6 aromatic rings. The Bertz CT molecular complexity index is 2700. The molecule has 0 spiro atoms. The van der Waals surface area contributed by atoms with Crippen molar-refractivity contribution in [3.05, 3.63) is 87.3 Å². The Morgan fingerprint density at radius 1 is 0.663 bits per heavy atom. The van der Waals surface area contributed by atoms with Crippen LogP contribution in [0.5, 0.6) is 15.6 Å². The number of rotatable bonds is 10. The van der Waals surface area contributed by atoms with Crippen molar-refractivity contribution in [1.82, 2.24) is 61.2 Å². The van der Waals surface area contributed by atoms with E-state index in [1.165, 1.54) is 31.4 Å². The summed E-state index contributed by atoms with van der Waals surface area (Å²) in [6, 6.07) is 9.36. The average molecular weight is 2730 g/mol. The number of hydrogen-bond acceptors (Lipinski definition) is 32. The summed E-state index contributed by atoms with van der Waals surface area (Å²) in [5, 5.41) is 59.9. The van der Waals surface area contributed by atoms with Crippen LogP contribution in [-0.2, 0) is 313 Å². The number of aliphatic hydroxyl groups excluding tert-OH is 1. The first kappa shape index (κ1) is 112. The van der Waals surface area contributed by atoms with Gasteiger partial charge in [0.1, 0.15) is 2.74 Å². The molecule has 3 radical (unpaired) electrons. The molecule has 0 saturated carbocycles. The summed E-state index contributed by atoms with van der Waals surface area (Å²) < 4.78 is 49.4. The van der Waals surface area contributed by atoms with E-state index in [2.05, 4.69) is 169 Å². The minimum Gasteiger partial charge on any atom is -0.783 e. The van der Waals surface area contributed by atoms with Gasteiger partial charge in [-0.15, -0.1) is 74.6 Å². The number of H-pyrrole nitrogens is 2. The van der Waals surface area contributed by atoms with Gasteiger partial charge in [-0.3, -0.25) is 45.3 Å². The van der Waals surface area contributed by atoms with Gasteiger partial charge in [0, 0.05) is 246 Å². The van der Waals surface area contributed by atoms with E-state index in [-0.39, 0.29) is 258 Å². The van der Waals surface area contributed by atoms with Crippen LogP contribution in [0.2, 0.25) is 0 Å². The van der Waals surface area contributed by atoms with E-state index < -0.39 is 31.5 Å². The summed E-state index contributed by atoms with van der Waals surface area (Å²) in [4.78, 5) is 116. The van der Waals surface area contributed by atoms with Crippen molar-refractivity contribution in [2.24, 2.45) is 9.98 Å². The van der Waals surface area contributed by atoms with Crippen LogP contribution in [0.15, 0.2) is 46.4 Å². The number of ether oxygens (including phenoxy) is 5. The molecule has 0 unspecified atom stereocenters. The maximum atomic E-state index is 10.1. The molecule has 0 aliphatic heterocycles. The summed E-state index contributed by atoms with van der Waals surface area (Å²) in [6.45, 7) is 2.19. The molecule has 0 atom stereocenters. The number of nitrogens with two attached hydrogens (primary N) is 2. The number of carboxylic acid groups (broad SMARTS) is 1. The van der Waals surface area contributed by atoms with Gasteiger partial charge in [0.05, 0.1) is 40.8 Å². The Balaban J connectivity index is -0.0000000440. The smallest absolute Gasteiger partial charge is 0.300 e. The molecule has 0 aliphatic rings. The predicted octanol–water partition coefficient (Wildman–Crippen LogP) is -1.95. The number of anilines is 4. The molecule has 0 fully saturated rings. The van der Waals surface area contributed by atoms with Crippen molar-refractivity contribution in [2.75, 3.05) is 22.1 Å². The second-order valence-corrected chi connectivity index (χ2v) is 11.2. The molecule has 0 bridgehead atoms. The van der Waals surface area contributed by atoms with Crippen LogP contribution in [0.1, 0.15) is 14.3 Å². The van der Waals surface area contributed by atoms with E-state index in [0.717, 1.165) is 52.7 Å². The van der Waals surface area contributed by atoms with E-state index in [1.54, 1.807) is 24.3 Å². The van der Waals surface area contributed by atoms with Gasteiger partial charge in [-0.05, 0) is 22.9 Å². The molecule has 6 heterocycles. The molecule has 86 heavy (non-hydrogen) atoms. The second kappa shape index (κ2) is 114. The molecule has 10 N–H and O–H groups in total. The molecule has 6 rings (SSSR count). The first-order valence-corrected chi connectivity index (χ1v) is 19.2. The molecule has 37 nitrogen and oxygen atoms in total. The van der Waals surface area contributed by atoms with Gasteiger partial charge in [-0.25, -0.2) is 33.4 Å². The van der Waals surface area contributed by atoms with E-state index in [1.807, 2.05) is 0 Å². The number of carbonyl (C=O) groups is 5. The normalized spacial score (nSPS) is 8.03. The standard InChI is InChI=1S/C5H4N3O.C5H3N3O.2C4H3N3O2S.C4H4N3.C3H4N3OS.C2H2O3.C2O3.CHClO.CClO.CH2O2.CHO2.CH4.7W.3Y/c2*9-4-6-5-2-1-3-7-8-5;2*1-9-4-7-6-3(10-4)5-2-8;5-4-2-1-3-6-7-4;1-7-3-6-5-2(4)8-3;2*3-1-5-2-4;4*2-1-3;;;;;;;;;;;/h1-2,4H,(H,6,8,9);1-2H,(H,6,8,9);2*1H2,(H,5,6,8);1-2H,(H2,5,7);1H2,(H2,4,5);1-2H;;1H;;1H,(H,2,3);(H,2,3);1H4;;;;;;;;;;/q-1;3*-2;2*-1;;-2;;-1;;-1;;;;;;;;;;;/i4T;;;;;;1T,2T;;1T;;1T;;;;;;;;;;;;. The van der Waals surface area contributed by atoms with Gasteiger partial charge in [-0.2, -0.15) is 44.3 Å². The maximum absolute atomic E-state index is 10.1. The topological polar surface area (TPSA) is 553 Å². The van der Waals surface area contributed by atoms with Crippen LogP contribution < -0.4 is 47.3 Å². The van der Waals surface area contributed by atoms with E-state index in [9.17, 15) is 28.8 Å². The van der Waals surface area contributed by atoms with Crippen molar-refractivity contribution < 1.29 is 344 Å². The van der Waals surface area contributed by atoms with Gasteiger partial charge in [-0.1, -0.05) is 19.4 Å². The fourth-order valence-electron chi connectivity index (χ4n) is 2.10. The Labute approximate surface area is 691 Å². The fraction of sp³-hybridized carbons (Fsp3) is 0.0294. The van der Waals surface area contributed by atoms with Crippen LogP contribution in [0.3, 0.4) is 0 Å². The first-order valence-electron chi connectivity index (χ1n) is 18.5. The van der Waals surface area contributed by atoms with Gasteiger partial charge < -0.3 is 116 Å². The summed E-state index contributed by atoms with van der Waals surface area (Å²) in [5.74, 6) is 1.40. The van der Waals surface area contributed by atoms with Crippen LogP contribution >= 0.6 is 57.2 Å². The van der Waals surface area contributed by atoms with Crippen molar-refractivity contribution >= 4 is 154 Å². The third-order valence-corrected chi connectivity index (χ3v) is 6.24. The summed E-state index contributed by atoms with van der Waals surface area (Å²) in [5.41, 5.74) is 9.89. The number of nitrogens with one attached hydrogen (secondary N) is 4. The molecule has 6 aromatic heterocycles. The first-order chi connectivity index (χ1) is 38.0. The predicted molar refractivity (Wildman–Crippen MR) is 257 cm³/mol. The molecule has 52 heteroatoms. The number of aromatic nitrogens is 12. The zero-order valence-corrected chi connectivity index (χ0v) is 73.5. The van der Waals surface area contributed by atoms with Gasteiger partial charge in [0.2, 0.25) is 27.6 Å². The van der Waals surface area contributed by atoms with E-state index >= 15 is 0 Å². The monoisotopic (exact) mass is 2730 g/mol. The quantitative estimate of drug-likeness (QED) is 0.0243. The second-order valence-electron chi connectivity index (χ2n) is 8.05. The van der Waals surface area contributed by atoms with Crippen molar-refractivity contribution in [1.29, 1.82) is 0 Å². The Morgan fingerprint density at radius 3 is 1.22 bits per heavy atom. The average Bonchev–Trinajstić information content (AvgIpc) is 4.18. The minimum absolute atomic E-state index is 0.